The zero-order valence-corrected chi connectivity index (χ0v) is 13.6. The van der Waals surface area contributed by atoms with E-state index in [2.05, 4.69) is 0 Å². The number of carbonyl (C=O) groups excluding carboxylic acids is 2. The third-order valence-electron chi connectivity index (χ3n) is 3.64. The van der Waals surface area contributed by atoms with E-state index in [-0.39, 0.29) is 18.9 Å². The number of fused-ring (bicyclic) bond motifs is 1. The smallest absolute Gasteiger partial charge is 0.339 e. The summed E-state index contributed by atoms with van der Waals surface area (Å²) in [4.78, 5) is 25.5. The Kier molecular flexibility index (Phi) is 5.74. The molecule has 2 aromatic carbocycles. The van der Waals surface area contributed by atoms with Crippen LogP contribution in [0.15, 0.2) is 36.4 Å². The van der Waals surface area contributed by atoms with Crippen LogP contribution in [0.2, 0.25) is 0 Å². The van der Waals surface area contributed by atoms with E-state index >= 15 is 0 Å². The molecule has 0 saturated heterocycles. The van der Waals surface area contributed by atoms with Gasteiger partial charge in [-0.3, -0.25) is 4.79 Å². The van der Waals surface area contributed by atoms with Gasteiger partial charge in [0.15, 0.2) is 6.61 Å². The first kappa shape index (κ1) is 17.3. The van der Waals surface area contributed by atoms with Crippen LogP contribution in [-0.2, 0) is 9.53 Å². The van der Waals surface area contributed by atoms with Crippen LogP contribution < -0.4 is 4.74 Å². The van der Waals surface area contributed by atoms with Crippen molar-refractivity contribution in [2.24, 2.45) is 0 Å². The Morgan fingerprint density at radius 3 is 2.54 bits per heavy atom. The molecular weight excluding hydrogens is 308 g/mol. The molecule has 0 heterocycles. The molecule has 0 spiro atoms. The monoisotopic (exact) mass is 326 g/mol. The van der Waals surface area contributed by atoms with Crippen molar-refractivity contribution in [3.05, 3.63) is 42.0 Å². The molecule has 0 radical (unpaired) electrons. The summed E-state index contributed by atoms with van der Waals surface area (Å²) in [6, 6.07) is 12.6. The molecule has 0 aromatic heterocycles. The molecule has 2 aromatic rings. The van der Waals surface area contributed by atoms with Crippen molar-refractivity contribution in [2.75, 3.05) is 27.3 Å². The Hall–Kier alpha value is -3.07. The highest BCUT2D eigenvalue weighted by molar-refractivity contribution is 6.06. The number of hydrogen-bond acceptors (Lipinski definition) is 5. The van der Waals surface area contributed by atoms with Gasteiger partial charge in [0.05, 0.1) is 25.2 Å². The second-order valence-electron chi connectivity index (χ2n) is 5.16. The lowest BCUT2D eigenvalue weighted by Gasteiger charge is -2.15. The molecule has 6 heteroatoms. The van der Waals surface area contributed by atoms with Gasteiger partial charge < -0.3 is 14.4 Å². The zero-order valence-electron chi connectivity index (χ0n) is 13.6. The van der Waals surface area contributed by atoms with Crippen LogP contribution in [0.25, 0.3) is 10.8 Å². The fourth-order valence-electron chi connectivity index (χ4n) is 2.29. The Bertz CT molecular complexity index is 795. The lowest BCUT2D eigenvalue weighted by Crippen LogP contribution is -2.31. The Labute approximate surface area is 140 Å². The van der Waals surface area contributed by atoms with Gasteiger partial charge >= 0.3 is 5.97 Å². The second-order valence-corrected chi connectivity index (χ2v) is 5.16. The number of nitriles is 1. The molecule has 0 N–H and O–H groups in total. The van der Waals surface area contributed by atoms with Gasteiger partial charge in [-0.1, -0.05) is 24.3 Å². The average Bonchev–Trinajstić information content (AvgIpc) is 2.62. The molecule has 0 atom stereocenters. The lowest BCUT2D eigenvalue weighted by molar-refractivity contribution is -0.133. The molecule has 2 rings (SSSR count). The molecule has 1 amide bonds. The standard InChI is InChI=1S/C18H18N2O4/c1-20(11-5-10-19)17(21)12-24-18(22)15-8-9-16(23-2)14-7-4-3-6-13(14)15/h3-4,6-9H,5,11-12H2,1-2H3. The van der Waals surface area contributed by atoms with Crippen LogP contribution >= 0.6 is 0 Å². The maximum absolute atomic E-state index is 12.3. The predicted octanol–water partition coefficient (Wildman–Crippen LogP) is 2.38. The van der Waals surface area contributed by atoms with Gasteiger partial charge in [-0.15, -0.1) is 0 Å². The summed E-state index contributed by atoms with van der Waals surface area (Å²) in [5, 5.41) is 10.0. The molecule has 24 heavy (non-hydrogen) atoms. The number of ether oxygens (including phenoxy) is 2. The van der Waals surface area contributed by atoms with Gasteiger partial charge in [-0.25, -0.2) is 4.79 Å². The maximum Gasteiger partial charge on any atom is 0.339 e. The fraction of sp³-hybridized carbons (Fsp3) is 0.278. The van der Waals surface area contributed by atoms with Crippen LogP contribution in [0.1, 0.15) is 16.8 Å². The minimum atomic E-state index is -0.573. The molecule has 0 aliphatic rings. The van der Waals surface area contributed by atoms with Crippen molar-refractivity contribution in [1.29, 1.82) is 5.26 Å². The van der Waals surface area contributed by atoms with Crippen LogP contribution in [0, 0.1) is 11.3 Å². The van der Waals surface area contributed by atoms with Gasteiger partial charge in [-0.2, -0.15) is 5.26 Å². The summed E-state index contributed by atoms with van der Waals surface area (Å²) in [6.07, 6.45) is 0.235. The maximum atomic E-state index is 12.3. The average molecular weight is 326 g/mol. The minimum absolute atomic E-state index is 0.235. The zero-order chi connectivity index (χ0) is 17.5. The number of methoxy groups -OCH3 is 1. The topological polar surface area (TPSA) is 79.6 Å². The highest BCUT2D eigenvalue weighted by atomic mass is 16.5. The number of rotatable bonds is 6. The van der Waals surface area contributed by atoms with Crippen LogP contribution in [-0.4, -0.2) is 44.1 Å². The lowest BCUT2D eigenvalue weighted by atomic mass is 10.0. The van der Waals surface area contributed by atoms with Crippen molar-refractivity contribution >= 4 is 22.6 Å². The Balaban J connectivity index is 2.12. The van der Waals surface area contributed by atoms with Crippen molar-refractivity contribution < 1.29 is 19.1 Å². The highest BCUT2D eigenvalue weighted by Crippen LogP contribution is 2.28. The molecule has 0 aliphatic carbocycles. The molecule has 0 aliphatic heterocycles. The highest BCUT2D eigenvalue weighted by Gasteiger charge is 2.16. The summed E-state index contributed by atoms with van der Waals surface area (Å²) in [5.74, 6) is -0.262. The molecule has 0 unspecified atom stereocenters. The van der Waals surface area contributed by atoms with E-state index in [0.29, 0.717) is 23.2 Å². The summed E-state index contributed by atoms with van der Waals surface area (Å²) in [5.41, 5.74) is 0.374. The molecule has 0 bridgehead atoms. The van der Waals surface area contributed by atoms with Gasteiger partial charge in [-0.05, 0) is 17.5 Å². The van der Waals surface area contributed by atoms with E-state index in [4.69, 9.17) is 14.7 Å². The molecule has 6 nitrogen and oxygen atoms in total. The second kappa shape index (κ2) is 7.97. The summed E-state index contributed by atoms with van der Waals surface area (Å²) in [7, 11) is 3.13. The minimum Gasteiger partial charge on any atom is -0.496 e. The summed E-state index contributed by atoms with van der Waals surface area (Å²) >= 11 is 0. The van der Waals surface area contributed by atoms with Gasteiger partial charge in [0.1, 0.15) is 5.75 Å². The number of carbonyl (C=O) groups is 2. The van der Waals surface area contributed by atoms with E-state index in [0.717, 1.165) is 5.39 Å². The Morgan fingerprint density at radius 1 is 1.17 bits per heavy atom. The first-order valence-corrected chi connectivity index (χ1v) is 7.42. The molecule has 0 saturated carbocycles. The normalized spacial score (nSPS) is 10.0. The number of nitrogens with zero attached hydrogens (tertiary/aromatic N) is 2. The third-order valence-corrected chi connectivity index (χ3v) is 3.64. The van der Waals surface area contributed by atoms with E-state index < -0.39 is 5.97 Å². The number of esters is 1. The van der Waals surface area contributed by atoms with Crippen molar-refractivity contribution in [2.45, 2.75) is 6.42 Å². The van der Waals surface area contributed by atoms with E-state index in [1.807, 2.05) is 24.3 Å². The molecule has 124 valence electrons. The van der Waals surface area contributed by atoms with Gasteiger partial charge in [0, 0.05) is 19.0 Å². The third kappa shape index (κ3) is 3.82. The fourth-order valence-corrected chi connectivity index (χ4v) is 2.29. The van der Waals surface area contributed by atoms with E-state index in [1.54, 1.807) is 32.4 Å². The van der Waals surface area contributed by atoms with E-state index in [9.17, 15) is 9.59 Å². The quantitative estimate of drug-likeness (QED) is 0.761. The van der Waals surface area contributed by atoms with Crippen LogP contribution in [0.4, 0.5) is 0 Å². The van der Waals surface area contributed by atoms with Crippen molar-refractivity contribution in [1.82, 2.24) is 4.90 Å². The number of amides is 1. The van der Waals surface area contributed by atoms with E-state index in [1.165, 1.54) is 4.90 Å². The summed E-state index contributed by atoms with van der Waals surface area (Å²) < 4.78 is 10.4. The first-order valence-electron chi connectivity index (χ1n) is 7.42. The van der Waals surface area contributed by atoms with Crippen molar-refractivity contribution in [3.8, 4) is 11.8 Å². The largest absolute Gasteiger partial charge is 0.496 e. The molecule has 0 fully saturated rings. The van der Waals surface area contributed by atoms with Crippen LogP contribution in [0.3, 0.4) is 0 Å². The first-order chi connectivity index (χ1) is 11.6. The SMILES string of the molecule is COc1ccc(C(=O)OCC(=O)N(C)CCC#N)c2ccccc12. The predicted molar refractivity (Wildman–Crippen MR) is 88.6 cm³/mol. The Morgan fingerprint density at radius 2 is 1.88 bits per heavy atom. The van der Waals surface area contributed by atoms with Gasteiger partial charge in [0.25, 0.3) is 5.91 Å². The van der Waals surface area contributed by atoms with Crippen LogP contribution in [0.5, 0.6) is 5.75 Å². The van der Waals surface area contributed by atoms with Gasteiger partial charge in [0.2, 0.25) is 0 Å². The number of benzene rings is 2. The van der Waals surface area contributed by atoms with Crippen molar-refractivity contribution in [3.63, 3.8) is 0 Å². The number of hydrogen-bond donors (Lipinski definition) is 0. The number of likely N-dealkylation sites (N-methyl/N-ethyl adjacent to an activating group) is 1. The summed E-state index contributed by atoms with van der Waals surface area (Å²) in [6.45, 7) is -0.0561. The molecular formula is C18H18N2O4.